The van der Waals surface area contributed by atoms with Crippen LogP contribution in [0.4, 0.5) is 0 Å². The molecule has 0 aromatic carbocycles. The molecule has 0 spiro atoms. The predicted molar refractivity (Wildman–Crippen MR) is 74.6 cm³/mol. The Bertz CT molecular complexity index is 458. The monoisotopic (exact) mass is 281 g/mol. The van der Waals surface area contributed by atoms with E-state index in [0.29, 0.717) is 23.9 Å². The molecule has 2 heterocycles. The van der Waals surface area contributed by atoms with Crippen molar-refractivity contribution in [2.24, 2.45) is 0 Å². The Morgan fingerprint density at radius 3 is 2.95 bits per heavy atom. The average Bonchev–Trinajstić information content (AvgIpc) is 3.04. The second-order valence-electron chi connectivity index (χ2n) is 5.38. The van der Waals surface area contributed by atoms with Crippen LogP contribution in [-0.4, -0.2) is 54.2 Å². The lowest BCUT2D eigenvalue weighted by Gasteiger charge is -2.19. The van der Waals surface area contributed by atoms with E-state index in [2.05, 4.69) is 29.0 Å². The third-order valence-corrected chi connectivity index (χ3v) is 3.82. The summed E-state index contributed by atoms with van der Waals surface area (Å²) in [5.74, 6) is 0.434. The summed E-state index contributed by atoms with van der Waals surface area (Å²) < 4.78 is 10.7. The maximum absolute atomic E-state index is 12.3. The second kappa shape index (κ2) is 6.37. The summed E-state index contributed by atoms with van der Waals surface area (Å²) in [5.41, 5.74) is 0.380. The first kappa shape index (κ1) is 15.0. The molecule has 112 valence electrons. The highest BCUT2D eigenvalue weighted by Gasteiger charge is 2.35. The number of rotatable bonds is 5. The summed E-state index contributed by atoms with van der Waals surface area (Å²) in [4.78, 5) is 18.6. The van der Waals surface area contributed by atoms with Gasteiger partial charge in [0.2, 0.25) is 0 Å². The minimum absolute atomic E-state index is 0.0123. The first-order chi connectivity index (χ1) is 9.56. The molecular weight excluding hydrogens is 258 g/mol. The topological polar surface area (TPSA) is 67.6 Å². The van der Waals surface area contributed by atoms with E-state index in [4.69, 9.17) is 9.15 Å². The van der Waals surface area contributed by atoms with Gasteiger partial charge in [-0.15, -0.1) is 0 Å². The fourth-order valence-electron chi connectivity index (χ4n) is 2.55. The molecule has 6 nitrogen and oxygen atoms in total. The van der Waals surface area contributed by atoms with Crippen LogP contribution in [0.15, 0.2) is 10.8 Å². The van der Waals surface area contributed by atoms with E-state index in [1.807, 2.05) is 6.92 Å². The van der Waals surface area contributed by atoms with Gasteiger partial charge in [-0.2, -0.15) is 0 Å². The molecule has 1 fully saturated rings. The number of oxazole rings is 1. The van der Waals surface area contributed by atoms with Gasteiger partial charge in [0.15, 0.2) is 12.1 Å². The molecule has 1 aliphatic rings. The number of ether oxygens (including phenoxy) is 1. The van der Waals surface area contributed by atoms with Crippen molar-refractivity contribution in [1.82, 2.24) is 15.2 Å². The van der Waals surface area contributed by atoms with Crippen molar-refractivity contribution in [3.05, 3.63) is 17.8 Å². The SMILES string of the molecule is CCc1ocnc1C(=O)N[C@H]1CN(C(C)C)C[C@@H]1OC. The van der Waals surface area contributed by atoms with Gasteiger partial charge in [-0.1, -0.05) is 6.92 Å². The van der Waals surface area contributed by atoms with Crippen LogP contribution < -0.4 is 5.32 Å². The highest BCUT2D eigenvalue weighted by molar-refractivity contribution is 5.93. The molecule has 0 unspecified atom stereocenters. The van der Waals surface area contributed by atoms with E-state index >= 15 is 0 Å². The van der Waals surface area contributed by atoms with Gasteiger partial charge >= 0.3 is 0 Å². The van der Waals surface area contributed by atoms with Gasteiger partial charge in [-0.25, -0.2) is 4.98 Å². The molecule has 0 aliphatic carbocycles. The minimum Gasteiger partial charge on any atom is -0.448 e. The van der Waals surface area contributed by atoms with Gasteiger partial charge in [-0.05, 0) is 13.8 Å². The zero-order valence-corrected chi connectivity index (χ0v) is 12.5. The van der Waals surface area contributed by atoms with E-state index in [1.165, 1.54) is 6.39 Å². The molecule has 1 saturated heterocycles. The molecule has 0 saturated carbocycles. The van der Waals surface area contributed by atoms with Crippen LogP contribution in [-0.2, 0) is 11.2 Å². The molecule has 1 aromatic rings. The molecule has 2 rings (SSSR count). The summed E-state index contributed by atoms with van der Waals surface area (Å²) in [5, 5.41) is 3.01. The van der Waals surface area contributed by atoms with Crippen LogP contribution in [0.3, 0.4) is 0 Å². The van der Waals surface area contributed by atoms with Crippen molar-refractivity contribution in [2.45, 2.75) is 45.4 Å². The number of nitrogens with zero attached hydrogens (tertiary/aromatic N) is 2. The lowest BCUT2D eigenvalue weighted by Crippen LogP contribution is -2.44. The van der Waals surface area contributed by atoms with Crippen molar-refractivity contribution < 1.29 is 13.9 Å². The molecule has 0 bridgehead atoms. The van der Waals surface area contributed by atoms with Crippen LogP contribution in [0.5, 0.6) is 0 Å². The van der Waals surface area contributed by atoms with Gasteiger partial charge in [0.05, 0.1) is 12.1 Å². The maximum atomic E-state index is 12.3. The van der Waals surface area contributed by atoms with Gasteiger partial charge in [-0.3, -0.25) is 9.69 Å². The molecule has 20 heavy (non-hydrogen) atoms. The number of aryl methyl sites for hydroxylation is 1. The summed E-state index contributed by atoms with van der Waals surface area (Å²) in [6.07, 6.45) is 1.98. The first-order valence-corrected chi connectivity index (χ1v) is 7.06. The Labute approximate surface area is 119 Å². The molecule has 1 N–H and O–H groups in total. The molecule has 1 amide bonds. The third-order valence-electron chi connectivity index (χ3n) is 3.82. The normalized spacial score (nSPS) is 23.4. The molecule has 1 aromatic heterocycles. The molecule has 2 atom stereocenters. The standard InChI is InChI=1S/C14H23N3O3/c1-5-11-13(15-8-20-11)14(18)16-10-6-17(9(2)3)7-12(10)19-4/h8-10,12H,5-7H2,1-4H3,(H,16,18)/t10-,12-/m0/s1. The minimum atomic E-state index is -0.187. The number of amides is 1. The predicted octanol–water partition coefficient (Wildman–Crippen LogP) is 1.07. The van der Waals surface area contributed by atoms with Crippen LogP contribution in [0.2, 0.25) is 0 Å². The molecule has 0 radical (unpaired) electrons. The zero-order chi connectivity index (χ0) is 14.7. The Balaban J connectivity index is 2.03. The summed E-state index contributed by atoms with van der Waals surface area (Å²) in [6, 6.07) is 0.420. The van der Waals surface area contributed by atoms with Crippen molar-refractivity contribution in [3.8, 4) is 0 Å². The first-order valence-electron chi connectivity index (χ1n) is 7.06. The fourth-order valence-corrected chi connectivity index (χ4v) is 2.55. The van der Waals surface area contributed by atoms with Crippen molar-refractivity contribution in [2.75, 3.05) is 20.2 Å². The lowest BCUT2D eigenvalue weighted by molar-refractivity contribution is 0.0749. The van der Waals surface area contributed by atoms with E-state index in [9.17, 15) is 4.79 Å². The third kappa shape index (κ3) is 3.02. The van der Waals surface area contributed by atoms with Crippen LogP contribution in [0, 0.1) is 0 Å². The van der Waals surface area contributed by atoms with Crippen LogP contribution in [0.1, 0.15) is 37.0 Å². The summed E-state index contributed by atoms with van der Waals surface area (Å²) in [7, 11) is 1.68. The highest BCUT2D eigenvalue weighted by atomic mass is 16.5. The Kier molecular flexibility index (Phi) is 4.77. The van der Waals surface area contributed by atoms with Gasteiger partial charge in [0, 0.05) is 32.7 Å². The lowest BCUT2D eigenvalue weighted by atomic mass is 10.2. The number of hydrogen-bond donors (Lipinski definition) is 1. The number of aromatic nitrogens is 1. The fraction of sp³-hybridized carbons (Fsp3) is 0.714. The Hall–Kier alpha value is -1.40. The van der Waals surface area contributed by atoms with Crippen molar-refractivity contribution >= 4 is 5.91 Å². The van der Waals surface area contributed by atoms with E-state index < -0.39 is 0 Å². The quantitative estimate of drug-likeness (QED) is 0.874. The molecule has 1 aliphatic heterocycles. The summed E-state index contributed by atoms with van der Waals surface area (Å²) >= 11 is 0. The number of hydrogen-bond acceptors (Lipinski definition) is 5. The Morgan fingerprint density at radius 2 is 2.35 bits per heavy atom. The smallest absolute Gasteiger partial charge is 0.273 e. The highest BCUT2D eigenvalue weighted by Crippen LogP contribution is 2.17. The van der Waals surface area contributed by atoms with E-state index in [-0.39, 0.29) is 18.1 Å². The van der Waals surface area contributed by atoms with Gasteiger partial charge < -0.3 is 14.5 Å². The van der Waals surface area contributed by atoms with Crippen molar-refractivity contribution in [3.63, 3.8) is 0 Å². The van der Waals surface area contributed by atoms with Crippen LogP contribution >= 0.6 is 0 Å². The van der Waals surface area contributed by atoms with E-state index in [1.54, 1.807) is 7.11 Å². The van der Waals surface area contributed by atoms with Crippen molar-refractivity contribution in [1.29, 1.82) is 0 Å². The van der Waals surface area contributed by atoms with E-state index in [0.717, 1.165) is 13.1 Å². The molecule has 6 heteroatoms. The number of carbonyl (C=O) groups excluding carboxylic acids is 1. The Morgan fingerprint density at radius 1 is 1.60 bits per heavy atom. The maximum Gasteiger partial charge on any atom is 0.273 e. The molecular formula is C14H23N3O3. The second-order valence-corrected chi connectivity index (χ2v) is 5.38. The van der Waals surface area contributed by atoms with Gasteiger partial charge in [0.25, 0.3) is 5.91 Å². The number of methoxy groups -OCH3 is 1. The number of nitrogens with one attached hydrogen (secondary N) is 1. The number of carbonyl (C=O) groups is 1. The average molecular weight is 281 g/mol. The summed E-state index contributed by atoms with van der Waals surface area (Å²) in [6.45, 7) is 7.85. The van der Waals surface area contributed by atoms with Gasteiger partial charge in [0.1, 0.15) is 5.76 Å². The van der Waals surface area contributed by atoms with Crippen LogP contribution in [0.25, 0.3) is 0 Å². The zero-order valence-electron chi connectivity index (χ0n) is 12.5. The largest absolute Gasteiger partial charge is 0.448 e. The number of likely N-dealkylation sites (tertiary alicyclic amines) is 1.